The predicted molar refractivity (Wildman–Crippen MR) is 213 cm³/mol. The lowest BCUT2D eigenvalue weighted by atomic mass is 9.90. The summed E-state index contributed by atoms with van der Waals surface area (Å²) >= 11 is 0. The molecule has 0 aliphatic heterocycles. The molecule has 0 spiro atoms. The van der Waals surface area contributed by atoms with Gasteiger partial charge in [0, 0.05) is 0 Å². The number of carbonyl (C=O) groups is 4. The van der Waals surface area contributed by atoms with Crippen LogP contribution in [-0.2, 0) is 45.1 Å². The lowest BCUT2D eigenvalue weighted by Gasteiger charge is -2.35. The molecule has 4 rings (SSSR count). The Morgan fingerprint density at radius 3 is 1.04 bits per heavy atom. The molecule has 298 valence electrons. The standard InChI is InChI=1S/C44H54N4O8/c1-29(2)37(47-43(53)55-27-33-21-13-7-14-22-33)41(51)45-35(25-31-17-9-5-10-18-31)39(49)40(50)36(26-32-19-11-6-12-20-32)46-42(52)38(30(3)4)48-44(54)56-28-34-23-15-8-16-24-34/h5-24,29-30,35-40,49-50H,25-28H2,1-4H3,(H,45,51)(H,46,52)(H,47,53)(H,48,54)/t35-,36-,37-,38-,39-,40+/m0/s1. The predicted octanol–water partition coefficient (Wildman–Crippen LogP) is 5.07. The van der Waals surface area contributed by atoms with Crippen LogP contribution in [0.25, 0.3) is 0 Å². The van der Waals surface area contributed by atoms with Crippen molar-refractivity contribution in [2.75, 3.05) is 0 Å². The molecule has 0 aromatic heterocycles. The second-order valence-corrected chi connectivity index (χ2v) is 14.4. The van der Waals surface area contributed by atoms with E-state index in [0.717, 1.165) is 22.3 Å². The van der Waals surface area contributed by atoms with Gasteiger partial charge in [-0.15, -0.1) is 0 Å². The number of ether oxygens (including phenoxy) is 2. The Morgan fingerprint density at radius 2 is 0.750 bits per heavy atom. The first-order valence-electron chi connectivity index (χ1n) is 18.9. The van der Waals surface area contributed by atoms with E-state index in [1.807, 2.05) is 121 Å². The highest BCUT2D eigenvalue weighted by molar-refractivity contribution is 5.87. The molecule has 0 aliphatic carbocycles. The summed E-state index contributed by atoms with van der Waals surface area (Å²) in [5, 5.41) is 34.9. The molecule has 0 radical (unpaired) electrons. The molecular weight excluding hydrogens is 713 g/mol. The van der Waals surface area contributed by atoms with E-state index in [0.29, 0.717) is 0 Å². The van der Waals surface area contributed by atoms with Crippen LogP contribution in [0.15, 0.2) is 121 Å². The summed E-state index contributed by atoms with van der Waals surface area (Å²) in [7, 11) is 0. The average molecular weight is 767 g/mol. The monoisotopic (exact) mass is 766 g/mol. The molecular formula is C44H54N4O8. The summed E-state index contributed by atoms with van der Waals surface area (Å²) in [6, 6.07) is 32.3. The van der Waals surface area contributed by atoms with Crippen molar-refractivity contribution in [3.63, 3.8) is 0 Å². The summed E-state index contributed by atoms with van der Waals surface area (Å²) < 4.78 is 10.7. The summed E-state index contributed by atoms with van der Waals surface area (Å²) in [5.74, 6) is -1.93. The molecule has 0 aliphatic rings. The fourth-order valence-corrected chi connectivity index (χ4v) is 6.12. The molecule has 6 atom stereocenters. The third-order valence-corrected chi connectivity index (χ3v) is 9.30. The summed E-state index contributed by atoms with van der Waals surface area (Å²) in [4.78, 5) is 53.4. The van der Waals surface area contributed by atoms with Gasteiger partial charge in [-0.2, -0.15) is 0 Å². The number of benzene rings is 4. The number of hydrogen-bond acceptors (Lipinski definition) is 8. The van der Waals surface area contributed by atoms with Crippen molar-refractivity contribution in [1.82, 2.24) is 21.3 Å². The van der Waals surface area contributed by atoms with Crippen molar-refractivity contribution >= 4 is 24.0 Å². The Kier molecular flexibility index (Phi) is 16.9. The molecule has 0 heterocycles. The van der Waals surface area contributed by atoms with Gasteiger partial charge >= 0.3 is 12.2 Å². The van der Waals surface area contributed by atoms with Crippen molar-refractivity contribution in [2.45, 2.75) is 90.1 Å². The number of rotatable bonds is 19. The second kappa shape index (κ2) is 22.0. The Bertz CT molecular complexity index is 1660. The molecule has 0 bridgehead atoms. The number of hydrogen-bond donors (Lipinski definition) is 6. The average Bonchev–Trinajstić information content (AvgIpc) is 3.20. The topological polar surface area (TPSA) is 175 Å². The van der Waals surface area contributed by atoms with Gasteiger partial charge in [-0.1, -0.05) is 149 Å². The number of aliphatic hydroxyl groups excluding tert-OH is 2. The zero-order valence-corrected chi connectivity index (χ0v) is 32.3. The molecule has 12 nitrogen and oxygen atoms in total. The third kappa shape index (κ3) is 13.8. The molecule has 0 unspecified atom stereocenters. The Hall–Kier alpha value is -5.72. The number of carbonyl (C=O) groups excluding carboxylic acids is 4. The maximum atomic E-state index is 13.9. The van der Waals surface area contributed by atoms with Gasteiger partial charge in [-0.05, 0) is 46.9 Å². The van der Waals surface area contributed by atoms with E-state index in [1.165, 1.54) is 0 Å². The van der Waals surface area contributed by atoms with Crippen molar-refractivity contribution in [2.24, 2.45) is 11.8 Å². The van der Waals surface area contributed by atoms with Crippen molar-refractivity contribution in [3.8, 4) is 0 Å². The van der Waals surface area contributed by atoms with Gasteiger partial charge in [0.15, 0.2) is 0 Å². The molecule has 12 heteroatoms. The van der Waals surface area contributed by atoms with Gasteiger partial charge in [-0.3, -0.25) is 9.59 Å². The van der Waals surface area contributed by atoms with Crippen LogP contribution in [0, 0.1) is 11.8 Å². The molecule has 4 aromatic carbocycles. The maximum Gasteiger partial charge on any atom is 0.408 e. The number of aliphatic hydroxyl groups is 2. The minimum Gasteiger partial charge on any atom is -0.445 e. The molecule has 4 amide bonds. The van der Waals surface area contributed by atoms with E-state index < -0.39 is 60.4 Å². The largest absolute Gasteiger partial charge is 0.445 e. The molecule has 56 heavy (non-hydrogen) atoms. The number of nitrogens with one attached hydrogen (secondary N) is 4. The van der Waals surface area contributed by atoms with Crippen LogP contribution in [0.2, 0.25) is 0 Å². The van der Waals surface area contributed by atoms with Crippen LogP contribution in [0.5, 0.6) is 0 Å². The maximum absolute atomic E-state index is 13.9. The van der Waals surface area contributed by atoms with Crippen LogP contribution >= 0.6 is 0 Å². The Balaban J connectivity index is 1.53. The Morgan fingerprint density at radius 1 is 0.464 bits per heavy atom. The normalized spacial score (nSPS) is 14.4. The van der Waals surface area contributed by atoms with Gasteiger partial charge in [0.1, 0.15) is 37.5 Å². The fourth-order valence-electron chi connectivity index (χ4n) is 6.12. The molecule has 6 N–H and O–H groups in total. The molecule has 4 aromatic rings. The van der Waals surface area contributed by atoms with E-state index in [-0.39, 0.29) is 37.9 Å². The van der Waals surface area contributed by atoms with Crippen LogP contribution in [-0.4, -0.2) is 70.6 Å². The van der Waals surface area contributed by atoms with E-state index >= 15 is 0 Å². The van der Waals surface area contributed by atoms with E-state index in [1.54, 1.807) is 27.7 Å². The third-order valence-electron chi connectivity index (χ3n) is 9.30. The summed E-state index contributed by atoms with van der Waals surface area (Å²) in [5.41, 5.74) is 3.09. The number of amides is 4. The first-order chi connectivity index (χ1) is 26.9. The highest BCUT2D eigenvalue weighted by Crippen LogP contribution is 2.17. The molecule has 0 saturated carbocycles. The summed E-state index contributed by atoms with van der Waals surface area (Å²) in [6.45, 7) is 7.08. The van der Waals surface area contributed by atoms with Gasteiger partial charge in [0.25, 0.3) is 0 Å². The lowest BCUT2D eigenvalue weighted by molar-refractivity contribution is -0.129. The van der Waals surface area contributed by atoms with Crippen LogP contribution in [0.1, 0.15) is 49.9 Å². The Labute approximate surface area is 329 Å². The van der Waals surface area contributed by atoms with Gasteiger partial charge in [-0.25, -0.2) is 9.59 Å². The summed E-state index contributed by atoms with van der Waals surface area (Å²) in [6.07, 6.45) is -4.55. The lowest BCUT2D eigenvalue weighted by Crippen LogP contribution is -2.61. The van der Waals surface area contributed by atoms with Crippen LogP contribution in [0.3, 0.4) is 0 Å². The zero-order chi connectivity index (χ0) is 40.5. The van der Waals surface area contributed by atoms with Crippen molar-refractivity contribution in [3.05, 3.63) is 144 Å². The quantitative estimate of drug-likeness (QED) is 0.0768. The van der Waals surface area contributed by atoms with Crippen LogP contribution < -0.4 is 21.3 Å². The van der Waals surface area contributed by atoms with Gasteiger partial charge < -0.3 is 41.0 Å². The van der Waals surface area contributed by atoms with E-state index in [9.17, 15) is 29.4 Å². The number of alkyl carbamates (subject to hydrolysis) is 2. The van der Waals surface area contributed by atoms with Gasteiger partial charge in [0.2, 0.25) is 11.8 Å². The smallest absolute Gasteiger partial charge is 0.408 e. The van der Waals surface area contributed by atoms with Crippen molar-refractivity contribution in [1.29, 1.82) is 0 Å². The zero-order valence-electron chi connectivity index (χ0n) is 32.3. The first kappa shape index (κ1) is 43.0. The fraction of sp³-hybridized carbons (Fsp3) is 0.364. The SMILES string of the molecule is CC(C)[C@H](NC(=O)OCc1ccccc1)C(=O)N[C@@H](Cc1ccccc1)[C@H](O)[C@H](O)[C@H](Cc1ccccc1)NC(=O)[C@@H](NC(=O)OCc1ccccc1)C(C)C. The molecule has 0 fully saturated rings. The minimum absolute atomic E-state index is 0.0111. The first-order valence-corrected chi connectivity index (χ1v) is 18.9. The van der Waals surface area contributed by atoms with Crippen LogP contribution in [0.4, 0.5) is 9.59 Å². The minimum atomic E-state index is -1.60. The van der Waals surface area contributed by atoms with Crippen molar-refractivity contribution < 1.29 is 38.9 Å². The van der Waals surface area contributed by atoms with E-state index in [4.69, 9.17) is 9.47 Å². The van der Waals surface area contributed by atoms with Gasteiger partial charge in [0.05, 0.1) is 12.1 Å². The highest BCUT2D eigenvalue weighted by Gasteiger charge is 2.37. The highest BCUT2D eigenvalue weighted by atomic mass is 16.6. The van der Waals surface area contributed by atoms with E-state index in [2.05, 4.69) is 21.3 Å². The molecule has 0 saturated heterocycles. The second-order valence-electron chi connectivity index (χ2n) is 14.4.